The predicted molar refractivity (Wildman–Crippen MR) is 78.4 cm³/mol. The quantitative estimate of drug-likeness (QED) is 0.820. The number of aromatic nitrogens is 2. The maximum absolute atomic E-state index is 12.3. The zero-order valence-corrected chi connectivity index (χ0v) is 12.0. The summed E-state index contributed by atoms with van der Waals surface area (Å²) in [6.45, 7) is 3.50. The van der Waals surface area contributed by atoms with E-state index < -0.39 is 0 Å². The Balaban J connectivity index is 1.77. The Labute approximate surface area is 120 Å². The summed E-state index contributed by atoms with van der Waals surface area (Å²) in [6.07, 6.45) is 1.58. The summed E-state index contributed by atoms with van der Waals surface area (Å²) in [6, 6.07) is 1.78. The summed E-state index contributed by atoms with van der Waals surface area (Å²) >= 11 is 1.27. The first kappa shape index (κ1) is 13.2. The van der Waals surface area contributed by atoms with Crippen LogP contribution in [0, 0.1) is 0 Å². The number of fused-ring (bicyclic) bond motifs is 1. The molecule has 1 fully saturated rings. The molecule has 1 aliphatic heterocycles. The first-order chi connectivity index (χ1) is 9.65. The lowest BCUT2D eigenvalue weighted by molar-refractivity contribution is 0.0667. The second-order valence-electron chi connectivity index (χ2n) is 4.83. The zero-order chi connectivity index (χ0) is 14.1. The Bertz CT molecular complexity index is 634. The van der Waals surface area contributed by atoms with E-state index in [1.54, 1.807) is 12.3 Å². The number of rotatable bonds is 2. The van der Waals surface area contributed by atoms with Gasteiger partial charge in [-0.1, -0.05) is 0 Å². The third-order valence-corrected chi connectivity index (χ3v) is 4.49. The molecule has 0 atom stereocenters. The van der Waals surface area contributed by atoms with Crippen molar-refractivity contribution < 1.29 is 4.79 Å². The molecule has 8 heteroatoms. The molecule has 0 saturated carbocycles. The van der Waals surface area contributed by atoms with Crippen molar-refractivity contribution in [2.75, 3.05) is 39.0 Å². The second kappa shape index (κ2) is 5.31. The number of anilines is 1. The summed E-state index contributed by atoms with van der Waals surface area (Å²) in [5.41, 5.74) is 9.41. The van der Waals surface area contributed by atoms with Crippen LogP contribution in [0.4, 0.5) is 5.69 Å². The van der Waals surface area contributed by atoms with E-state index in [-0.39, 0.29) is 5.91 Å². The lowest BCUT2D eigenvalue weighted by Crippen LogP contribution is -2.52. The molecule has 3 rings (SSSR count). The monoisotopic (exact) mass is 292 g/mol. The van der Waals surface area contributed by atoms with Gasteiger partial charge in [0.1, 0.15) is 9.71 Å². The third kappa shape index (κ3) is 2.45. The van der Waals surface area contributed by atoms with Crippen LogP contribution in [-0.2, 0) is 0 Å². The van der Waals surface area contributed by atoms with Crippen molar-refractivity contribution in [3.63, 3.8) is 0 Å². The Morgan fingerprint density at radius 3 is 2.85 bits per heavy atom. The number of nitrogens with one attached hydrogen (secondary N) is 1. The van der Waals surface area contributed by atoms with Crippen molar-refractivity contribution in [1.29, 1.82) is 0 Å². The fourth-order valence-corrected chi connectivity index (χ4v) is 3.08. The molecule has 20 heavy (non-hydrogen) atoms. The summed E-state index contributed by atoms with van der Waals surface area (Å²) in [7, 11) is 2.07. The molecule has 3 heterocycles. The number of thiophene rings is 1. The molecule has 0 spiro atoms. The summed E-state index contributed by atoms with van der Waals surface area (Å²) in [5.74, 6) is -0.171. The molecule has 1 aliphatic rings. The number of hydrogen-bond acceptors (Lipinski definition) is 7. The lowest BCUT2D eigenvalue weighted by atomic mass is 10.3. The highest BCUT2D eigenvalue weighted by Gasteiger charge is 2.21. The van der Waals surface area contributed by atoms with E-state index in [9.17, 15) is 4.79 Å². The molecule has 7 nitrogen and oxygen atoms in total. The Kier molecular flexibility index (Phi) is 3.51. The van der Waals surface area contributed by atoms with Gasteiger partial charge in [0.2, 0.25) is 0 Å². The van der Waals surface area contributed by atoms with Gasteiger partial charge in [-0.3, -0.25) is 10.2 Å². The minimum Gasteiger partial charge on any atom is -0.397 e. The van der Waals surface area contributed by atoms with Gasteiger partial charge in [0, 0.05) is 31.6 Å². The number of carbonyl (C=O) groups is 1. The smallest absolute Gasteiger partial charge is 0.277 e. The van der Waals surface area contributed by atoms with Gasteiger partial charge in [-0.25, -0.2) is 5.01 Å². The third-order valence-electron chi connectivity index (χ3n) is 3.39. The number of amides is 1. The van der Waals surface area contributed by atoms with Crippen LogP contribution < -0.4 is 11.2 Å². The molecule has 1 amide bonds. The van der Waals surface area contributed by atoms with E-state index in [0.717, 1.165) is 31.6 Å². The van der Waals surface area contributed by atoms with E-state index in [2.05, 4.69) is 27.6 Å². The minimum atomic E-state index is -0.171. The number of likely N-dealkylation sites (N-methyl/N-ethyl adjacent to an activating group) is 1. The van der Waals surface area contributed by atoms with Gasteiger partial charge in [0.25, 0.3) is 5.91 Å². The van der Waals surface area contributed by atoms with E-state index in [0.29, 0.717) is 15.4 Å². The Morgan fingerprint density at radius 1 is 1.40 bits per heavy atom. The highest BCUT2D eigenvalue weighted by atomic mass is 32.1. The van der Waals surface area contributed by atoms with Crippen LogP contribution in [0.15, 0.2) is 12.3 Å². The number of nitrogen functional groups attached to an aromatic ring is 1. The molecule has 0 aliphatic carbocycles. The highest BCUT2D eigenvalue weighted by Crippen LogP contribution is 2.31. The number of nitrogens with two attached hydrogens (primary N) is 1. The molecule has 0 unspecified atom stereocenters. The van der Waals surface area contributed by atoms with E-state index in [1.165, 1.54) is 11.3 Å². The SMILES string of the molecule is CN1CCN(NC(=O)c2sc3nnccc3c2N)CC1. The fourth-order valence-electron chi connectivity index (χ4n) is 2.15. The average molecular weight is 292 g/mol. The van der Waals surface area contributed by atoms with E-state index >= 15 is 0 Å². The topological polar surface area (TPSA) is 87.4 Å². The second-order valence-corrected chi connectivity index (χ2v) is 5.83. The maximum atomic E-state index is 12.3. The largest absolute Gasteiger partial charge is 0.397 e. The van der Waals surface area contributed by atoms with Crippen molar-refractivity contribution in [2.24, 2.45) is 0 Å². The summed E-state index contributed by atoms with van der Waals surface area (Å²) in [4.78, 5) is 15.7. The maximum Gasteiger partial charge on any atom is 0.277 e. The molecule has 106 valence electrons. The van der Waals surface area contributed by atoms with Crippen molar-refractivity contribution in [2.45, 2.75) is 0 Å². The van der Waals surface area contributed by atoms with Gasteiger partial charge < -0.3 is 10.6 Å². The molecule has 1 saturated heterocycles. The van der Waals surface area contributed by atoms with Crippen LogP contribution >= 0.6 is 11.3 Å². The molecular formula is C12H16N6OS. The first-order valence-corrected chi connectivity index (χ1v) is 7.21. The number of hydrogen-bond donors (Lipinski definition) is 2. The number of carbonyl (C=O) groups excluding carboxylic acids is 1. The first-order valence-electron chi connectivity index (χ1n) is 6.39. The lowest BCUT2D eigenvalue weighted by Gasteiger charge is -2.32. The standard InChI is InChI=1S/C12H16N6OS/c1-17-4-6-18(7-5-17)16-11(19)10-9(13)8-2-3-14-15-12(8)20-10/h2-3H,4-7,13H2,1H3,(H,16,19). The Morgan fingerprint density at radius 2 is 2.15 bits per heavy atom. The van der Waals surface area contributed by atoms with Gasteiger partial charge in [0.15, 0.2) is 0 Å². The van der Waals surface area contributed by atoms with Gasteiger partial charge in [-0.2, -0.15) is 5.10 Å². The van der Waals surface area contributed by atoms with Crippen molar-refractivity contribution in [3.05, 3.63) is 17.1 Å². The zero-order valence-electron chi connectivity index (χ0n) is 11.2. The van der Waals surface area contributed by atoms with E-state index in [1.807, 2.05) is 5.01 Å². The van der Waals surface area contributed by atoms with Crippen LogP contribution in [0.5, 0.6) is 0 Å². The molecular weight excluding hydrogens is 276 g/mol. The van der Waals surface area contributed by atoms with Crippen LogP contribution in [0.3, 0.4) is 0 Å². The van der Waals surface area contributed by atoms with Crippen LogP contribution in [0.1, 0.15) is 9.67 Å². The minimum absolute atomic E-state index is 0.171. The summed E-state index contributed by atoms with van der Waals surface area (Å²) in [5, 5.41) is 10.5. The molecule has 0 bridgehead atoms. The van der Waals surface area contributed by atoms with E-state index in [4.69, 9.17) is 5.73 Å². The average Bonchev–Trinajstić information content (AvgIpc) is 2.79. The van der Waals surface area contributed by atoms with Crippen LogP contribution in [0.2, 0.25) is 0 Å². The Hall–Kier alpha value is -1.77. The molecule has 2 aromatic rings. The molecule has 0 radical (unpaired) electrons. The normalized spacial score (nSPS) is 17.4. The van der Waals surface area contributed by atoms with Gasteiger partial charge in [-0.05, 0) is 13.1 Å². The van der Waals surface area contributed by atoms with Crippen LogP contribution in [-0.4, -0.2) is 59.2 Å². The summed E-state index contributed by atoms with van der Waals surface area (Å²) < 4.78 is 0. The highest BCUT2D eigenvalue weighted by molar-refractivity contribution is 7.21. The van der Waals surface area contributed by atoms with Crippen molar-refractivity contribution in [3.8, 4) is 0 Å². The van der Waals surface area contributed by atoms with Crippen molar-refractivity contribution >= 4 is 33.1 Å². The molecule has 3 N–H and O–H groups in total. The molecule has 2 aromatic heterocycles. The van der Waals surface area contributed by atoms with Gasteiger partial charge >= 0.3 is 0 Å². The molecule has 0 aromatic carbocycles. The van der Waals surface area contributed by atoms with Gasteiger partial charge in [0.05, 0.1) is 11.9 Å². The van der Waals surface area contributed by atoms with Crippen molar-refractivity contribution in [1.82, 2.24) is 25.5 Å². The van der Waals surface area contributed by atoms with Gasteiger partial charge in [-0.15, -0.1) is 16.4 Å². The van der Waals surface area contributed by atoms with Crippen LogP contribution in [0.25, 0.3) is 10.2 Å². The predicted octanol–water partition coefficient (Wildman–Crippen LogP) is 0.166. The fraction of sp³-hybridized carbons (Fsp3) is 0.417. The number of nitrogens with zero attached hydrogens (tertiary/aromatic N) is 4. The number of piperazine rings is 1. The number of hydrazine groups is 1.